The molecule has 0 bridgehead atoms. The van der Waals surface area contributed by atoms with Crippen LogP contribution in [0.25, 0.3) is 0 Å². The highest BCUT2D eigenvalue weighted by Crippen LogP contribution is 1.98. The molecule has 0 aliphatic heterocycles. The average molecular weight is 114 g/mol. The topological polar surface area (TPSA) is 20.2 Å². The number of allylic oxidation sites excluding steroid dienone is 1. The molecule has 0 aromatic heterocycles. The van der Waals surface area contributed by atoms with E-state index in [-0.39, 0.29) is 6.61 Å². The van der Waals surface area contributed by atoms with E-state index in [1.807, 2.05) is 6.92 Å². The Hall–Kier alpha value is -0.300. The minimum Gasteiger partial charge on any atom is -0.396 e. The first-order chi connectivity index (χ1) is 3.81. The number of hydrogen-bond acceptors (Lipinski definition) is 1. The summed E-state index contributed by atoms with van der Waals surface area (Å²) in [5.41, 5.74) is 1.29. The Balaban J connectivity index is 3.29. The highest BCUT2D eigenvalue weighted by molar-refractivity contribution is 4.96. The van der Waals surface area contributed by atoms with E-state index in [1.165, 1.54) is 5.57 Å². The Bertz CT molecular complexity index is 74.5. The summed E-state index contributed by atoms with van der Waals surface area (Å²) in [4.78, 5) is 0. The lowest BCUT2D eigenvalue weighted by molar-refractivity contribution is 0.299. The van der Waals surface area contributed by atoms with Gasteiger partial charge in [0.15, 0.2) is 0 Å². The summed E-state index contributed by atoms with van der Waals surface area (Å²) in [5.74, 6) is 0. The second kappa shape index (κ2) is 4.85. The van der Waals surface area contributed by atoms with Crippen LogP contribution in [-0.4, -0.2) is 11.7 Å². The molecule has 1 nitrogen and oxygen atoms in total. The van der Waals surface area contributed by atoms with E-state index in [2.05, 4.69) is 13.0 Å². The van der Waals surface area contributed by atoms with Gasteiger partial charge in [-0.1, -0.05) is 18.6 Å². The molecule has 0 amide bonds. The molecule has 1 heteroatoms. The first kappa shape index (κ1) is 7.70. The third-order valence-corrected chi connectivity index (χ3v) is 1.06. The molecule has 48 valence electrons. The van der Waals surface area contributed by atoms with Gasteiger partial charge in [0.05, 0.1) is 0 Å². The maximum Gasteiger partial charge on any atom is 0.0468 e. The lowest BCUT2D eigenvalue weighted by atomic mass is 10.2. The summed E-state index contributed by atoms with van der Waals surface area (Å²) in [7, 11) is 0. The number of rotatable bonds is 3. The van der Waals surface area contributed by atoms with Crippen LogP contribution in [0.4, 0.5) is 0 Å². The van der Waals surface area contributed by atoms with Crippen LogP contribution < -0.4 is 0 Å². The molecule has 0 saturated carbocycles. The van der Waals surface area contributed by atoms with Gasteiger partial charge in [0.1, 0.15) is 0 Å². The molecule has 8 heavy (non-hydrogen) atoms. The summed E-state index contributed by atoms with van der Waals surface area (Å²) in [6, 6.07) is 0. The van der Waals surface area contributed by atoms with Gasteiger partial charge in [-0.15, -0.1) is 0 Å². The van der Waals surface area contributed by atoms with E-state index in [0.717, 1.165) is 12.8 Å². The smallest absolute Gasteiger partial charge is 0.0468 e. The predicted molar refractivity (Wildman–Crippen MR) is 35.8 cm³/mol. The molecule has 0 aromatic carbocycles. The lowest BCUT2D eigenvalue weighted by Gasteiger charge is -1.92. The second-order valence-corrected chi connectivity index (χ2v) is 1.93. The first-order valence-corrected chi connectivity index (χ1v) is 3.07. The Kier molecular flexibility index (Phi) is 4.67. The molecule has 0 rings (SSSR count). The molecule has 0 aliphatic carbocycles. The van der Waals surface area contributed by atoms with Crippen molar-refractivity contribution in [3.63, 3.8) is 0 Å². The molecule has 1 N–H and O–H groups in total. The predicted octanol–water partition coefficient (Wildman–Crippen LogP) is 1.73. The average Bonchev–Trinajstić information content (AvgIpc) is 1.68. The molecule has 0 spiro atoms. The van der Waals surface area contributed by atoms with Gasteiger partial charge in [0.2, 0.25) is 0 Å². The Morgan fingerprint density at radius 2 is 2.25 bits per heavy atom. The van der Waals surface area contributed by atoms with E-state index in [9.17, 15) is 0 Å². The van der Waals surface area contributed by atoms with Crippen molar-refractivity contribution in [2.75, 3.05) is 6.61 Å². The van der Waals surface area contributed by atoms with Crippen molar-refractivity contribution >= 4 is 0 Å². The van der Waals surface area contributed by atoms with Crippen molar-refractivity contribution in [3.05, 3.63) is 11.6 Å². The largest absolute Gasteiger partial charge is 0.396 e. The fourth-order valence-corrected chi connectivity index (χ4v) is 0.627. The molecule has 0 fully saturated rings. The van der Waals surface area contributed by atoms with E-state index >= 15 is 0 Å². The summed E-state index contributed by atoms with van der Waals surface area (Å²) < 4.78 is 0. The van der Waals surface area contributed by atoms with E-state index in [0.29, 0.717) is 0 Å². The zero-order chi connectivity index (χ0) is 6.41. The van der Waals surface area contributed by atoms with Crippen molar-refractivity contribution in [2.45, 2.75) is 26.7 Å². The third kappa shape index (κ3) is 3.88. The summed E-state index contributed by atoms with van der Waals surface area (Å²) in [6.45, 7) is 4.42. The minimum absolute atomic E-state index is 0.280. The minimum atomic E-state index is 0.280. The summed E-state index contributed by atoms with van der Waals surface area (Å²) in [6.07, 6.45) is 4.04. The van der Waals surface area contributed by atoms with E-state index < -0.39 is 0 Å². The van der Waals surface area contributed by atoms with Crippen LogP contribution in [0.5, 0.6) is 0 Å². The fraction of sp³-hybridized carbons (Fsp3) is 0.714. The van der Waals surface area contributed by atoms with Crippen molar-refractivity contribution in [3.8, 4) is 0 Å². The van der Waals surface area contributed by atoms with Gasteiger partial charge >= 0.3 is 0 Å². The molecule has 0 aromatic rings. The highest BCUT2D eigenvalue weighted by atomic mass is 16.2. The van der Waals surface area contributed by atoms with Gasteiger partial charge in [-0.25, -0.2) is 0 Å². The number of hydrogen-bond donors (Lipinski definition) is 1. The lowest BCUT2D eigenvalue weighted by Crippen LogP contribution is -1.82. The summed E-state index contributed by atoms with van der Waals surface area (Å²) in [5, 5.41) is 8.42. The molecule has 0 heterocycles. The van der Waals surface area contributed by atoms with Gasteiger partial charge < -0.3 is 5.11 Å². The van der Waals surface area contributed by atoms with Crippen molar-refractivity contribution in [2.24, 2.45) is 0 Å². The Labute approximate surface area is 51.0 Å². The second-order valence-electron chi connectivity index (χ2n) is 1.93. The van der Waals surface area contributed by atoms with E-state index in [4.69, 9.17) is 5.11 Å². The SMILES string of the molecule is CC/C=C(\C)CCO. The van der Waals surface area contributed by atoms with Gasteiger partial charge in [-0.05, 0) is 19.8 Å². The van der Waals surface area contributed by atoms with Crippen LogP contribution in [0.3, 0.4) is 0 Å². The van der Waals surface area contributed by atoms with E-state index in [1.54, 1.807) is 0 Å². The monoisotopic (exact) mass is 114 g/mol. The molecule has 0 atom stereocenters. The molecule has 0 aliphatic rings. The maximum atomic E-state index is 8.42. The Morgan fingerprint density at radius 3 is 2.62 bits per heavy atom. The van der Waals surface area contributed by atoms with Crippen molar-refractivity contribution < 1.29 is 5.11 Å². The van der Waals surface area contributed by atoms with Gasteiger partial charge in [-0.3, -0.25) is 0 Å². The first-order valence-electron chi connectivity index (χ1n) is 3.07. The standard InChI is InChI=1S/C7H14O/c1-3-4-7(2)5-6-8/h4,8H,3,5-6H2,1-2H3/b7-4+. The molecular weight excluding hydrogens is 100 g/mol. The number of aliphatic hydroxyl groups is 1. The van der Waals surface area contributed by atoms with Crippen LogP contribution >= 0.6 is 0 Å². The highest BCUT2D eigenvalue weighted by Gasteiger charge is 1.83. The van der Waals surface area contributed by atoms with Crippen LogP contribution in [-0.2, 0) is 0 Å². The van der Waals surface area contributed by atoms with Crippen LogP contribution in [0.1, 0.15) is 26.7 Å². The van der Waals surface area contributed by atoms with Gasteiger partial charge in [0.25, 0.3) is 0 Å². The van der Waals surface area contributed by atoms with Gasteiger partial charge in [-0.2, -0.15) is 0 Å². The van der Waals surface area contributed by atoms with Crippen molar-refractivity contribution in [1.82, 2.24) is 0 Å². The van der Waals surface area contributed by atoms with Gasteiger partial charge in [0, 0.05) is 6.61 Å². The molecule has 0 unspecified atom stereocenters. The van der Waals surface area contributed by atoms with Crippen LogP contribution in [0.15, 0.2) is 11.6 Å². The molecular formula is C7H14O. The Morgan fingerprint density at radius 1 is 1.62 bits per heavy atom. The molecule has 0 saturated heterocycles. The zero-order valence-corrected chi connectivity index (χ0v) is 5.65. The summed E-state index contributed by atoms with van der Waals surface area (Å²) >= 11 is 0. The molecule has 0 radical (unpaired) electrons. The maximum absolute atomic E-state index is 8.42. The van der Waals surface area contributed by atoms with Crippen LogP contribution in [0, 0.1) is 0 Å². The fourth-order valence-electron chi connectivity index (χ4n) is 0.627. The van der Waals surface area contributed by atoms with Crippen molar-refractivity contribution in [1.29, 1.82) is 0 Å². The number of aliphatic hydroxyl groups excluding tert-OH is 1. The normalized spacial score (nSPS) is 12.1. The quantitative estimate of drug-likeness (QED) is 0.554. The van der Waals surface area contributed by atoms with Crippen LogP contribution in [0.2, 0.25) is 0 Å². The third-order valence-electron chi connectivity index (χ3n) is 1.06. The zero-order valence-electron chi connectivity index (χ0n) is 5.65.